The molecule has 0 aromatic heterocycles. The van der Waals surface area contributed by atoms with Crippen LogP contribution in [0.4, 0.5) is 17.6 Å². The number of hydrogen-bond acceptors (Lipinski definition) is 2. The number of halogens is 6. The molecule has 0 rings (SSSR count). The minimum Gasteiger partial charge on any atom is -0.263 e. The van der Waals surface area contributed by atoms with Crippen LogP contribution in [0.3, 0.4) is 0 Å². The molecule has 0 N–H and O–H groups in total. The molecule has 0 radical (unpaired) electrons. The van der Waals surface area contributed by atoms with Crippen LogP contribution in [0.15, 0.2) is 0 Å². The van der Waals surface area contributed by atoms with E-state index >= 15 is 0 Å². The summed E-state index contributed by atoms with van der Waals surface area (Å²) < 4.78 is 53.6. The maximum absolute atomic E-state index is 11.7. The van der Waals surface area contributed by atoms with Crippen molar-refractivity contribution in [1.29, 1.82) is 0 Å². The Labute approximate surface area is 77.8 Å². The number of rotatable bonds is 4. The Hall–Kier alpha value is 1.03. The zero-order chi connectivity index (χ0) is 9.12. The first-order valence-electron chi connectivity index (χ1n) is 1.95. The van der Waals surface area contributed by atoms with E-state index in [0.29, 0.717) is 0 Å². The Morgan fingerprint density at radius 2 is 1.18 bits per heavy atom. The van der Waals surface area contributed by atoms with Gasteiger partial charge in [-0.1, -0.05) is 0 Å². The van der Waals surface area contributed by atoms with Crippen LogP contribution in [-0.4, -0.2) is 10.0 Å². The zero-order valence-corrected chi connectivity index (χ0v) is 8.76. The average molecular weight is 324 g/mol. The fraction of sp³-hybridized carbons (Fsp3) is 1.00. The van der Waals surface area contributed by atoms with Gasteiger partial charge in [0.05, 0.1) is 0 Å². The minimum absolute atomic E-state index is 1.46. The van der Waals surface area contributed by atoms with Gasteiger partial charge in [0.25, 0.3) is 0 Å². The van der Waals surface area contributed by atoms with Crippen molar-refractivity contribution in [2.24, 2.45) is 0 Å². The van der Waals surface area contributed by atoms with E-state index in [0.717, 1.165) is 0 Å². The molecule has 0 aromatic rings. The SMILES string of the molecule is FC(F)(Br)OPOC(F)(F)Br. The molecule has 0 amide bonds. The quantitative estimate of drug-likeness (QED) is 0.448. The highest BCUT2D eigenvalue weighted by Crippen LogP contribution is 2.38. The van der Waals surface area contributed by atoms with E-state index in [4.69, 9.17) is 0 Å². The topological polar surface area (TPSA) is 18.5 Å². The van der Waals surface area contributed by atoms with Gasteiger partial charge in [-0.2, -0.15) is 17.6 Å². The van der Waals surface area contributed by atoms with Gasteiger partial charge in [-0.05, 0) is 0 Å². The van der Waals surface area contributed by atoms with Gasteiger partial charge in [-0.15, -0.1) is 0 Å². The molecule has 0 saturated carbocycles. The largest absolute Gasteiger partial charge is 0.419 e. The first kappa shape index (κ1) is 12.0. The summed E-state index contributed by atoms with van der Waals surface area (Å²) in [6, 6.07) is 0. The van der Waals surface area contributed by atoms with Crippen LogP contribution < -0.4 is 0 Å². The van der Waals surface area contributed by atoms with Crippen molar-refractivity contribution in [2.75, 3.05) is 0 Å². The van der Waals surface area contributed by atoms with Crippen molar-refractivity contribution < 1.29 is 26.6 Å². The molecule has 68 valence electrons. The fourth-order valence-electron chi connectivity index (χ4n) is 0.115. The van der Waals surface area contributed by atoms with E-state index in [1.165, 1.54) is 0 Å². The van der Waals surface area contributed by atoms with Crippen molar-refractivity contribution in [3.8, 4) is 0 Å². The molecular formula is C2HBr2F4O2P. The first-order valence-corrected chi connectivity index (χ1v) is 4.35. The highest BCUT2D eigenvalue weighted by atomic mass is 79.9. The van der Waals surface area contributed by atoms with Gasteiger partial charge in [0.15, 0.2) is 9.03 Å². The van der Waals surface area contributed by atoms with Crippen LogP contribution in [0.25, 0.3) is 0 Å². The van der Waals surface area contributed by atoms with Crippen LogP contribution in [0, 0.1) is 0 Å². The molecule has 0 fully saturated rings. The average Bonchev–Trinajstić information content (AvgIpc) is 1.55. The van der Waals surface area contributed by atoms with Gasteiger partial charge < -0.3 is 0 Å². The predicted molar refractivity (Wildman–Crippen MR) is 38.2 cm³/mol. The molecule has 0 saturated heterocycles. The standard InChI is InChI=1S/C2HBr2F4O2P/c3-1(5,6)9-11-10-2(4,7)8/h11H. The van der Waals surface area contributed by atoms with Crippen LogP contribution >= 0.6 is 40.9 Å². The summed E-state index contributed by atoms with van der Waals surface area (Å²) in [6.45, 7) is 0. The first-order chi connectivity index (χ1) is 4.71. The third kappa shape index (κ3) is 11.0. The number of hydrogen-bond donors (Lipinski definition) is 0. The second-order valence-corrected chi connectivity index (χ2v) is 3.60. The minimum atomic E-state index is -3.64. The van der Waals surface area contributed by atoms with Crippen molar-refractivity contribution in [3.63, 3.8) is 0 Å². The van der Waals surface area contributed by atoms with Gasteiger partial charge in [-0.3, -0.25) is 9.05 Å². The molecule has 0 aliphatic carbocycles. The lowest BCUT2D eigenvalue weighted by molar-refractivity contribution is -0.110. The molecule has 0 heterocycles. The Balaban J connectivity index is 3.44. The summed E-state index contributed by atoms with van der Waals surface area (Å²) in [6.07, 6.45) is 0. The molecule has 0 aliphatic heterocycles. The van der Waals surface area contributed by atoms with E-state index < -0.39 is 19.1 Å². The van der Waals surface area contributed by atoms with Gasteiger partial charge in [0.1, 0.15) is 0 Å². The van der Waals surface area contributed by atoms with Gasteiger partial charge in [-0.25, -0.2) is 0 Å². The Kier molecular flexibility index (Phi) is 4.72. The third-order valence-electron chi connectivity index (χ3n) is 0.315. The van der Waals surface area contributed by atoms with Crippen LogP contribution in [0.5, 0.6) is 0 Å². The van der Waals surface area contributed by atoms with Crippen LogP contribution in [0.2, 0.25) is 0 Å². The molecule has 0 bridgehead atoms. The molecule has 0 spiro atoms. The normalized spacial score (nSPS) is 13.6. The predicted octanol–water partition coefficient (Wildman–Crippen LogP) is 3.42. The molecule has 0 aliphatic rings. The number of alkyl halides is 6. The maximum Gasteiger partial charge on any atom is 0.419 e. The third-order valence-corrected chi connectivity index (χ3v) is 1.92. The van der Waals surface area contributed by atoms with E-state index in [-0.39, 0.29) is 0 Å². The van der Waals surface area contributed by atoms with E-state index in [9.17, 15) is 17.6 Å². The van der Waals surface area contributed by atoms with Gasteiger partial charge in [0.2, 0.25) is 0 Å². The second-order valence-electron chi connectivity index (χ2n) is 1.18. The van der Waals surface area contributed by atoms with Gasteiger partial charge in [0, 0.05) is 31.9 Å². The summed E-state index contributed by atoms with van der Waals surface area (Å²) in [5.74, 6) is 0. The Morgan fingerprint density at radius 1 is 0.909 bits per heavy atom. The van der Waals surface area contributed by atoms with Crippen molar-refractivity contribution >= 4 is 40.9 Å². The lowest BCUT2D eigenvalue weighted by Gasteiger charge is -2.11. The van der Waals surface area contributed by atoms with Crippen molar-refractivity contribution in [2.45, 2.75) is 10.0 Å². The molecule has 9 heteroatoms. The monoisotopic (exact) mass is 322 g/mol. The molecule has 0 atom stereocenters. The maximum atomic E-state index is 11.7. The smallest absolute Gasteiger partial charge is 0.263 e. The van der Waals surface area contributed by atoms with Gasteiger partial charge >= 0.3 is 10.0 Å². The fourth-order valence-corrected chi connectivity index (χ4v) is 0.742. The van der Waals surface area contributed by atoms with Crippen LogP contribution in [-0.2, 0) is 9.05 Å². The van der Waals surface area contributed by atoms with E-state index in [2.05, 4.69) is 9.05 Å². The van der Waals surface area contributed by atoms with Crippen molar-refractivity contribution in [3.05, 3.63) is 0 Å². The Morgan fingerprint density at radius 3 is 1.36 bits per heavy atom. The lowest BCUT2D eigenvalue weighted by Crippen LogP contribution is -2.09. The molecule has 0 unspecified atom stereocenters. The van der Waals surface area contributed by atoms with E-state index in [1.54, 1.807) is 31.9 Å². The highest BCUT2D eigenvalue weighted by molar-refractivity contribution is 9.10. The second kappa shape index (κ2) is 4.32. The summed E-state index contributed by atoms with van der Waals surface area (Å²) >= 11 is 3.51. The molecular weight excluding hydrogens is 323 g/mol. The Bertz CT molecular complexity index is 108. The summed E-state index contributed by atoms with van der Waals surface area (Å²) in [7, 11) is -1.46. The van der Waals surface area contributed by atoms with Crippen LogP contribution in [0.1, 0.15) is 0 Å². The van der Waals surface area contributed by atoms with E-state index in [1.807, 2.05) is 0 Å². The lowest BCUT2D eigenvalue weighted by atomic mass is 11.5. The molecule has 2 nitrogen and oxygen atoms in total. The zero-order valence-electron chi connectivity index (χ0n) is 4.58. The highest BCUT2D eigenvalue weighted by Gasteiger charge is 2.30. The summed E-state index contributed by atoms with van der Waals surface area (Å²) in [5, 5.41) is -7.27. The summed E-state index contributed by atoms with van der Waals surface area (Å²) in [4.78, 5) is 0. The molecule has 11 heavy (non-hydrogen) atoms. The van der Waals surface area contributed by atoms with Crippen molar-refractivity contribution in [1.82, 2.24) is 0 Å². The summed E-state index contributed by atoms with van der Waals surface area (Å²) in [5.41, 5.74) is 0. The molecule has 0 aromatic carbocycles.